The van der Waals surface area contributed by atoms with Crippen molar-refractivity contribution in [3.05, 3.63) is 36.0 Å². The number of nitrogens with one attached hydrogen (secondary N) is 4. The van der Waals surface area contributed by atoms with Crippen LogP contribution in [0.2, 0.25) is 0 Å². The summed E-state index contributed by atoms with van der Waals surface area (Å²) in [6.07, 6.45) is -0.489. The van der Waals surface area contributed by atoms with Crippen molar-refractivity contribution in [3.8, 4) is 0 Å². The third-order valence-electron chi connectivity index (χ3n) is 5.55. The molecular weight excluding hydrogens is 516 g/mol. The number of benzene rings is 1. The van der Waals surface area contributed by atoms with Crippen molar-refractivity contribution < 1.29 is 38.7 Å². The van der Waals surface area contributed by atoms with Crippen LogP contribution in [-0.4, -0.2) is 75.7 Å². The molecule has 4 unspecified atom stereocenters. The first-order chi connectivity index (χ1) is 18.3. The first kappa shape index (κ1) is 30.2. The predicted octanol–water partition coefficient (Wildman–Crippen LogP) is -3.80. The van der Waals surface area contributed by atoms with Gasteiger partial charge in [0.1, 0.15) is 18.1 Å². The average Bonchev–Trinajstić information content (AvgIpc) is 3.24. The number of nitrogens with two attached hydrogens (primary N) is 4. The van der Waals surface area contributed by atoms with Gasteiger partial charge in [-0.2, -0.15) is 0 Å². The van der Waals surface area contributed by atoms with E-state index in [1.165, 1.54) is 0 Å². The standard InChI is InChI=1S/C23H30N8O8/c24-12(5-10-9-28-13-4-2-1-3-11(10)13)20(35)29-14(6-17(25)32)21(36)30-15(7-18(26)33)22(37)31-16(23(38)39)8-19(27)34/h1-4,9,12,14-16,28H,5-8,24H2,(H2,25,32)(H2,26,33)(H2,27,34)(H,29,35)(H,30,36)(H,31,37)(H,38,39). The number of aromatic amines is 1. The molecule has 16 nitrogen and oxygen atoms in total. The quantitative estimate of drug-likeness (QED) is 0.106. The molecule has 0 fully saturated rings. The Hall–Kier alpha value is -4.99. The Bertz CT molecular complexity index is 1280. The van der Waals surface area contributed by atoms with E-state index in [1.807, 2.05) is 29.6 Å². The molecule has 4 atom stereocenters. The van der Waals surface area contributed by atoms with Crippen molar-refractivity contribution in [3.63, 3.8) is 0 Å². The van der Waals surface area contributed by atoms with Crippen molar-refractivity contribution in [2.24, 2.45) is 22.9 Å². The molecule has 0 saturated carbocycles. The number of H-pyrrole nitrogens is 1. The average molecular weight is 547 g/mol. The van der Waals surface area contributed by atoms with Crippen molar-refractivity contribution in [2.45, 2.75) is 49.9 Å². The smallest absolute Gasteiger partial charge is 0.326 e. The zero-order valence-electron chi connectivity index (χ0n) is 20.6. The van der Waals surface area contributed by atoms with E-state index in [0.717, 1.165) is 16.5 Å². The summed E-state index contributed by atoms with van der Waals surface area (Å²) in [6.45, 7) is 0. The number of fused-ring (bicyclic) bond motifs is 1. The van der Waals surface area contributed by atoms with Gasteiger partial charge in [0.25, 0.3) is 0 Å². The van der Waals surface area contributed by atoms with E-state index in [9.17, 15) is 38.7 Å². The number of carboxylic acid groups (broad SMARTS) is 1. The van der Waals surface area contributed by atoms with E-state index < -0.39 is 84.8 Å². The highest BCUT2D eigenvalue weighted by Gasteiger charge is 2.32. The van der Waals surface area contributed by atoms with Crippen LogP contribution < -0.4 is 38.9 Å². The molecule has 0 radical (unpaired) electrons. The molecule has 0 aliphatic rings. The lowest BCUT2D eigenvalue weighted by Crippen LogP contribution is -2.58. The van der Waals surface area contributed by atoms with Crippen LogP contribution in [0.3, 0.4) is 0 Å². The Morgan fingerprint density at radius 3 is 1.72 bits per heavy atom. The summed E-state index contributed by atoms with van der Waals surface area (Å²) >= 11 is 0. The predicted molar refractivity (Wildman–Crippen MR) is 135 cm³/mol. The summed E-state index contributed by atoms with van der Waals surface area (Å²) in [4.78, 5) is 86.9. The number of aliphatic carboxylic acids is 1. The number of aromatic nitrogens is 1. The highest BCUT2D eigenvalue weighted by Crippen LogP contribution is 2.18. The van der Waals surface area contributed by atoms with Crippen molar-refractivity contribution >= 4 is 52.3 Å². The van der Waals surface area contributed by atoms with E-state index in [2.05, 4.69) is 15.6 Å². The Labute approximate surface area is 221 Å². The molecule has 210 valence electrons. The summed E-state index contributed by atoms with van der Waals surface area (Å²) in [5.41, 5.74) is 22.9. The summed E-state index contributed by atoms with van der Waals surface area (Å²) < 4.78 is 0. The fourth-order valence-corrected chi connectivity index (χ4v) is 3.68. The van der Waals surface area contributed by atoms with Gasteiger partial charge >= 0.3 is 5.97 Å². The molecule has 0 spiro atoms. The van der Waals surface area contributed by atoms with Gasteiger partial charge in [-0.15, -0.1) is 0 Å². The molecule has 0 aliphatic carbocycles. The van der Waals surface area contributed by atoms with Gasteiger partial charge in [-0.25, -0.2) is 4.79 Å². The number of hydrogen-bond acceptors (Lipinski definition) is 8. The van der Waals surface area contributed by atoms with Crippen LogP contribution >= 0.6 is 0 Å². The number of primary amides is 3. The van der Waals surface area contributed by atoms with E-state index in [0.29, 0.717) is 0 Å². The van der Waals surface area contributed by atoms with Gasteiger partial charge in [-0.05, 0) is 18.1 Å². The molecule has 16 heteroatoms. The summed E-state index contributed by atoms with van der Waals surface area (Å²) in [7, 11) is 0. The minimum absolute atomic E-state index is 0.0733. The van der Waals surface area contributed by atoms with Gasteiger partial charge in [0.2, 0.25) is 35.4 Å². The number of para-hydroxylation sites is 1. The van der Waals surface area contributed by atoms with Crippen LogP contribution in [0.25, 0.3) is 10.9 Å². The molecule has 2 rings (SSSR count). The molecule has 1 aromatic heterocycles. The van der Waals surface area contributed by atoms with E-state index >= 15 is 0 Å². The van der Waals surface area contributed by atoms with Gasteiger partial charge in [0.15, 0.2) is 0 Å². The molecule has 0 aliphatic heterocycles. The summed E-state index contributed by atoms with van der Waals surface area (Å²) in [5.74, 6) is -7.77. The van der Waals surface area contributed by atoms with Crippen LogP contribution in [0.5, 0.6) is 0 Å². The minimum atomic E-state index is -1.76. The molecule has 1 heterocycles. The third-order valence-corrected chi connectivity index (χ3v) is 5.55. The fraction of sp³-hybridized carbons (Fsp3) is 0.348. The summed E-state index contributed by atoms with van der Waals surface area (Å²) in [6, 6.07) is 1.07. The first-order valence-corrected chi connectivity index (χ1v) is 11.6. The number of carboxylic acids is 1. The molecule has 0 saturated heterocycles. The van der Waals surface area contributed by atoms with Gasteiger partial charge in [0.05, 0.1) is 25.3 Å². The minimum Gasteiger partial charge on any atom is -0.480 e. The molecule has 13 N–H and O–H groups in total. The van der Waals surface area contributed by atoms with E-state index in [-0.39, 0.29) is 6.42 Å². The second-order valence-corrected chi connectivity index (χ2v) is 8.70. The number of rotatable bonds is 15. The van der Waals surface area contributed by atoms with E-state index in [4.69, 9.17) is 22.9 Å². The highest BCUT2D eigenvalue weighted by molar-refractivity contribution is 5.98. The number of amides is 6. The lowest BCUT2D eigenvalue weighted by Gasteiger charge is -2.24. The number of hydrogen-bond donors (Lipinski definition) is 9. The Balaban J connectivity index is 2.15. The molecule has 0 bridgehead atoms. The van der Waals surface area contributed by atoms with Gasteiger partial charge in [-0.3, -0.25) is 28.8 Å². The van der Waals surface area contributed by atoms with Crippen molar-refractivity contribution in [1.29, 1.82) is 0 Å². The maximum atomic E-state index is 12.9. The molecule has 6 amide bonds. The molecular formula is C23H30N8O8. The lowest BCUT2D eigenvalue weighted by molar-refractivity contribution is -0.144. The lowest BCUT2D eigenvalue weighted by atomic mass is 10.0. The monoisotopic (exact) mass is 546 g/mol. The Kier molecular flexibility index (Phi) is 10.5. The maximum absolute atomic E-state index is 12.9. The zero-order valence-corrected chi connectivity index (χ0v) is 20.6. The van der Waals surface area contributed by atoms with Crippen LogP contribution in [0.15, 0.2) is 30.5 Å². The van der Waals surface area contributed by atoms with Crippen molar-refractivity contribution in [2.75, 3.05) is 0 Å². The number of carbonyl (C=O) groups excluding carboxylic acids is 6. The van der Waals surface area contributed by atoms with Gasteiger partial charge in [0, 0.05) is 17.1 Å². The zero-order chi connectivity index (χ0) is 29.3. The van der Waals surface area contributed by atoms with Crippen LogP contribution in [-0.2, 0) is 40.0 Å². The van der Waals surface area contributed by atoms with Crippen molar-refractivity contribution in [1.82, 2.24) is 20.9 Å². The normalized spacial score (nSPS) is 13.9. The Morgan fingerprint density at radius 2 is 1.21 bits per heavy atom. The first-order valence-electron chi connectivity index (χ1n) is 11.6. The van der Waals surface area contributed by atoms with Gasteiger partial charge < -0.3 is 49.0 Å². The molecule has 1 aromatic carbocycles. The van der Waals surface area contributed by atoms with Crippen LogP contribution in [0.1, 0.15) is 24.8 Å². The van der Waals surface area contributed by atoms with Gasteiger partial charge in [-0.1, -0.05) is 18.2 Å². The summed E-state index contributed by atoms with van der Waals surface area (Å²) in [5, 5.41) is 16.4. The molecule has 39 heavy (non-hydrogen) atoms. The maximum Gasteiger partial charge on any atom is 0.326 e. The van der Waals surface area contributed by atoms with Crippen LogP contribution in [0.4, 0.5) is 0 Å². The van der Waals surface area contributed by atoms with Crippen LogP contribution in [0, 0.1) is 0 Å². The Morgan fingerprint density at radius 1 is 0.744 bits per heavy atom. The second-order valence-electron chi connectivity index (χ2n) is 8.70. The SMILES string of the molecule is NC(=O)CC(NC(=O)C(CC(N)=O)NC(=O)C(CC(N)=O)NC(=O)C(N)Cc1c[nH]c2ccccc12)C(=O)O. The highest BCUT2D eigenvalue weighted by atomic mass is 16.4. The fourth-order valence-electron chi connectivity index (χ4n) is 3.68. The number of carbonyl (C=O) groups is 7. The van der Waals surface area contributed by atoms with E-state index in [1.54, 1.807) is 6.20 Å². The third kappa shape index (κ3) is 9.12. The second kappa shape index (κ2) is 13.5. The molecule has 2 aromatic rings. The topological polar surface area (TPSA) is 296 Å². The largest absolute Gasteiger partial charge is 0.480 e.